The molecule has 0 bridgehead atoms. The molecule has 0 spiro atoms. The molecule has 1 heterocycles. The summed E-state index contributed by atoms with van der Waals surface area (Å²) in [6.07, 6.45) is 1.54. The van der Waals surface area contributed by atoms with Gasteiger partial charge in [-0.1, -0.05) is 0 Å². The van der Waals surface area contributed by atoms with Gasteiger partial charge in [0.25, 0.3) is 0 Å². The van der Waals surface area contributed by atoms with Gasteiger partial charge >= 0.3 is 6.03 Å². The van der Waals surface area contributed by atoms with Crippen molar-refractivity contribution in [1.82, 2.24) is 10.2 Å². The standard InChI is InChI=1S/C9H18N2O3/c12-6-2-8-14-7-1-4-11-5-3-10-9(11)13/h12H,1-8H2,(H,10,13). The van der Waals surface area contributed by atoms with Gasteiger partial charge in [-0.15, -0.1) is 0 Å². The summed E-state index contributed by atoms with van der Waals surface area (Å²) in [6.45, 7) is 3.74. The first kappa shape index (κ1) is 11.3. The van der Waals surface area contributed by atoms with E-state index in [0.717, 1.165) is 26.1 Å². The summed E-state index contributed by atoms with van der Waals surface area (Å²) < 4.78 is 5.25. The number of carbonyl (C=O) groups is 1. The van der Waals surface area contributed by atoms with Gasteiger partial charge in [-0.05, 0) is 12.8 Å². The zero-order chi connectivity index (χ0) is 10.2. The summed E-state index contributed by atoms with van der Waals surface area (Å²) in [7, 11) is 0. The van der Waals surface area contributed by atoms with Crippen LogP contribution in [-0.4, -0.2) is 55.5 Å². The minimum Gasteiger partial charge on any atom is -0.396 e. The second-order valence-electron chi connectivity index (χ2n) is 3.26. The van der Waals surface area contributed by atoms with Crippen molar-refractivity contribution in [3.05, 3.63) is 0 Å². The smallest absolute Gasteiger partial charge is 0.317 e. The van der Waals surface area contributed by atoms with Gasteiger partial charge in [0.15, 0.2) is 0 Å². The number of ether oxygens (including phenoxy) is 1. The molecule has 1 fully saturated rings. The average Bonchev–Trinajstić information content (AvgIpc) is 2.58. The van der Waals surface area contributed by atoms with Crippen LogP contribution in [0.3, 0.4) is 0 Å². The van der Waals surface area contributed by atoms with Crippen LogP contribution in [0.25, 0.3) is 0 Å². The third-order valence-electron chi connectivity index (χ3n) is 2.11. The summed E-state index contributed by atoms with van der Waals surface area (Å²) in [6, 6.07) is 0.0281. The van der Waals surface area contributed by atoms with Crippen molar-refractivity contribution in [3.8, 4) is 0 Å². The summed E-state index contributed by atoms with van der Waals surface area (Å²) in [5, 5.41) is 11.2. The van der Waals surface area contributed by atoms with Crippen LogP contribution < -0.4 is 5.32 Å². The summed E-state index contributed by atoms with van der Waals surface area (Å²) in [5.74, 6) is 0. The third kappa shape index (κ3) is 3.93. The number of aliphatic hydroxyl groups excluding tert-OH is 1. The summed E-state index contributed by atoms with van der Waals surface area (Å²) in [4.78, 5) is 12.9. The van der Waals surface area contributed by atoms with E-state index in [9.17, 15) is 4.79 Å². The zero-order valence-electron chi connectivity index (χ0n) is 8.37. The van der Waals surface area contributed by atoms with Crippen LogP contribution in [-0.2, 0) is 4.74 Å². The van der Waals surface area contributed by atoms with Gasteiger partial charge in [0.05, 0.1) is 0 Å². The van der Waals surface area contributed by atoms with Gasteiger partial charge in [0, 0.05) is 39.5 Å². The number of carbonyl (C=O) groups excluding carboxylic acids is 1. The van der Waals surface area contributed by atoms with Gasteiger partial charge in [-0.25, -0.2) is 4.79 Å². The normalized spacial score (nSPS) is 16.1. The number of rotatable bonds is 7. The second-order valence-corrected chi connectivity index (χ2v) is 3.26. The molecule has 1 saturated heterocycles. The maximum Gasteiger partial charge on any atom is 0.317 e. The van der Waals surface area contributed by atoms with Crippen LogP contribution in [0, 0.1) is 0 Å². The largest absolute Gasteiger partial charge is 0.396 e. The Labute approximate surface area is 84.0 Å². The van der Waals surface area contributed by atoms with Crippen LogP contribution in [0.4, 0.5) is 4.79 Å². The van der Waals surface area contributed by atoms with E-state index in [2.05, 4.69) is 5.32 Å². The average molecular weight is 202 g/mol. The van der Waals surface area contributed by atoms with Crippen LogP contribution in [0.5, 0.6) is 0 Å². The van der Waals surface area contributed by atoms with Gasteiger partial charge in [-0.2, -0.15) is 0 Å². The molecule has 82 valence electrons. The van der Waals surface area contributed by atoms with Gasteiger partial charge in [-0.3, -0.25) is 0 Å². The molecule has 2 N–H and O–H groups in total. The number of aliphatic hydroxyl groups is 1. The lowest BCUT2D eigenvalue weighted by atomic mass is 10.4. The van der Waals surface area contributed by atoms with E-state index in [-0.39, 0.29) is 12.6 Å². The number of amides is 2. The van der Waals surface area contributed by atoms with Crippen LogP contribution in [0.1, 0.15) is 12.8 Å². The highest BCUT2D eigenvalue weighted by Crippen LogP contribution is 1.98. The molecule has 0 aliphatic carbocycles. The lowest BCUT2D eigenvalue weighted by Crippen LogP contribution is -2.29. The Morgan fingerprint density at radius 1 is 1.43 bits per heavy atom. The monoisotopic (exact) mass is 202 g/mol. The Balaban J connectivity index is 1.90. The van der Waals surface area contributed by atoms with E-state index < -0.39 is 0 Å². The van der Waals surface area contributed by atoms with Crippen molar-refractivity contribution in [3.63, 3.8) is 0 Å². The maximum atomic E-state index is 11.1. The van der Waals surface area contributed by atoms with Crippen molar-refractivity contribution in [1.29, 1.82) is 0 Å². The number of nitrogens with zero attached hydrogens (tertiary/aromatic N) is 1. The third-order valence-corrected chi connectivity index (χ3v) is 2.11. The molecule has 1 rings (SSSR count). The van der Waals surface area contributed by atoms with Gasteiger partial charge in [0.2, 0.25) is 0 Å². The molecule has 0 aromatic carbocycles. The topological polar surface area (TPSA) is 61.8 Å². The quantitative estimate of drug-likeness (QED) is 0.562. The SMILES string of the molecule is O=C1NCCN1CCCOCCCO. The summed E-state index contributed by atoms with van der Waals surface area (Å²) in [5.41, 5.74) is 0. The van der Waals surface area contributed by atoms with Crippen molar-refractivity contribution < 1.29 is 14.6 Å². The highest BCUT2D eigenvalue weighted by atomic mass is 16.5. The molecule has 1 aliphatic rings. The first-order valence-corrected chi connectivity index (χ1v) is 5.06. The number of nitrogens with one attached hydrogen (secondary N) is 1. The lowest BCUT2D eigenvalue weighted by molar-refractivity contribution is 0.109. The molecule has 0 radical (unpaired) electrons. The van der Waals surface area contributed by atoms with Crippen LogP contribution >= 0.6 is 0 Å². The first-order chi connectivity index (χ1) is 6.84. The summed E-state index contributed by atoms with van der Waals surface area (Å²) >= 11 is 0. The van der Waals surface area contributed by atoms with E-state index >= 15 is 0 Å². The molecular weight excluding hydrogens is 184 g/mol. The lowest BCUT2D eigenvalue weighted by Gasteiger charge is -2.13. The first-order valence-electron chi connectivity index (χ1n) is 5.06. The predicted octanol–water partition coefficient (Wildman–Crippen LogP) is -0.199. The Hall–Kier alpha value is -0.810. The van der Waals surface area contributed by atoms with Crippen LogP contribution in [0.15, 0.2) is 0 Å². The van der Waals surface area contributed by atoms with Crippen molar-refractivity contribution in [2.75, 3.05) is 39.5 Å². The van der Waals surface area contributed by atoms with Crippen molar-refractivity contribution >= 4 is 6.03 Å². The van der Waals surface area contributed by atoms with E-state index in [4.69, 9.17) is 9.84 Å². The second kappa shape index (κ2) is 6.62. The minimum atomic E-state index is 0.0281. The highest BCUT2D eigenvalue weighted by Gasteiger charge is 2.17. The Morgan fingerprint density at radius 3 is 2.86 bits per heavy atom. The number of hydrogen-bond donors (Lipinski definition) is 2. The Kier molecular flexibility index (Phi) is 5.32. The van der Waals surface area contributed by atoms with Gasteiger partial charge < -0.3 is 20.1 Å². The van der Waals surface area contributed by atoms with E-state index in [1.807, 2.05) is 0 Å². The fourth-order valence-electron chi connectivity index (χ4n) is 1.35. The Morgan fingerprint density at radius 2 is 2.21 bits per heavy atom. The molecular formula is C9H18N2O3. The fraction of sp³-hybridized carbons (Fsp3) is 0.889. The molecule has 0 aromatic rings. The van der Waals surface area contributed by atoms with Gasteiger partial charge in [0.1, 0.15) is 0 Å². The molecule has 0 unspecified atom stereocenters. The molecule has 2 amide bonds. The Bertz CT molecular complexity index is 175. The molecule has 0 aromatic heterocycles. The van der Waals surface area contributed by atoms with E-state index in [1.165, 1.54) is 0 Å². The molecule has 5 heteroatoms. The molecule has 14 heavy (non-hydrogen) atoms. The highest BCUT2D eigenvalue weighted by molar-refractivity contribution is 5.76. The molecule has 1 aliphatic heterocycles. The minimum absolute atomic E-state index is 0.0281. The molecule has 0 saturated carbocycles. The van der Waals surface area contributed by atoms with Crippen molar-refractivity contribution in [2.24, 2.45) is 0 Å². The number of hydrogen-bond acceptors (Lipinski definition) is 3. The van der Waals surface area contributed by atoms with Crippen molar-refractivity contribution in [2.45, 2.75) is 12.8 Å². The zero-order valence-corrected chi connectivity index (χ0v) is 8.37. The molecule has 5 nitrogen and oxygen atoms in total. The van der Waals surface area contributed by atoms with E-state index in [0.29, 0.717) is 19.6 Å². The van der Waals surface area contributed by atoms with E-state index in [1.54, 1.807) is 4.90 Å². The molecule has 0 atom stereocenters. The number of urea groups is 1. The predicted molar refractivity (Wildman–Crippen MR) is 52.1 cm³/mol. The fourth-order valence-corrected chi connectivity index (χ4v) is 1.35. The maximum absolute atomic E-state index is 11.1. The van der Waals surface area contributed by atoms with Crippen LogP contribution in [0.2, 0.25) is 0 Å².